The number of alkyl halides is 2. The Morgan fingerprint density at radius 1 is 0.941 bits per heavy atom. The Labute approximate surface area is 303 Å². The molecule has 0 unspecified atom stereocenters. The zero-order valence-corrected chi connectivity index (χ0v) is 29.5. The number of hydrogen-bond acceptors (Lipinski definition) is 9. The summed E-state index contributed by atoms with van der Waals surface area (Å²) >= 11 is 13.8. The summed E-state index contributed by atoms with van der Waals surface area (Å²) in [4.78, 5) is 20.1. The average Bonchev–Trinajstić information content (AvgIpc) is 3.51. The van der Waals surface area contributed by atoms with E-state index in [0.29, 0.717) is 71.4 Å². The molecule has 0 spiro atoms. The quantitative estimate of drug-likeness (QED) is 0.118. The van der Waals surface area contributed by atoms with Crippen LogP contribution >= 0.6 is 23.2 Å². The van der Waals surface area contributed by atoms with Crippen molar-refractivity contribution in [2.75, 3.05) is 23.4 Å². The minimum Gasteiger partial charge on any atom is -0.434 e. The number of carbonyl (C=O) groups is 1. The van der Waals surface area contributed by atoms with Crippen LogP contribution in [0.5, 0.6) is 5.75 Å². The maximum absolute atomic E-state index is 15.6. The third kappa shape index (κ3) is 9.11. The van der Waals surface area contributed by atoms with Crippen molar-refractivity contribution in [2.45, 2.75) is 57.5 Å². The normalized spacial score (nSPS) is 17.5. The van der Waals surface area contributed by atoms with Crippen LogP contribution in [0.15, 0.2) is 60.9 Å². The van der Waals surface area contributed by atoms with E-state index in [1.165, 1.54) is 18.5 Å². The molecule has 1 atom stereocenters. The lowest BCUT2D eigenvalue weighted by molar-refractivity contribution is -0.119. The van der Waals surface area contributed by atoms with Gasteiger partial charge in [0.2, 0.25) is 5.91 Å². The van der Waals surface area contributed by atoms with Crippen molar-refractivity contribution >= 4 is 50.5 Å². The molecular weight excluding hydrogens is 728 g/mol. The van der Waals surface area contributed by atoms with E-state index in [2.05, 4.69) is 31.2 Å². The highest BCUT2D eigenvalue weighted by molar-refractivity contribution is 7.91. The lowest BCUT2D eigenvalue weighted by atomic mass is 10.0. The van der Waals surface area contributed by atoms with Gasteiger partial charge >= 0.3 is 6.61 Å². The van der Waals surface area contributed by atoms with E-state index in [-0.39, 0.29) is 64.2 Å². The second-order valence-corrected chi connectivity index (χ2v) is 15.4. The molecule has 10 nitrogen and oxygen atoms in total. The van der Waals surface area contributed by atoms with E-state index >= 15 is 4.39 Å². The molecule has 4 aromatic rings. The number of carbonyl (C=O) groups excluding carboxylic acids is 1. The van der Waals surface area contributed by atoms with Crippen molar-refractivity contribution in [3.8, 4) is 28.1 Å². The van der Waals surface area contributed by atoms with E-state index in [9.17, 15) is 22.0 Å². The summed E-state index contributed by atoms with van der Waals surface area (Å²) in [5, 5.41) is 12.7. The SMILES string of the molecule is O=C1CC[C@H](CNCc2ccc(-c3nccc(-c4cccc(Nc5nccc(CNC6CCS(=O)(=O)CC6)c5F)c4Cl)c3Cl)cc2OC(F)F)N1. The summed E-state index contributed by atoms with van der Waals surface area (Å²) in [7, 11) is -3.01. The smallest absolute Gasteiger partial charge is 0.387 e. The molecule has 0 radical (unpaired) electrons. The van der Waals surface area contributed by atoms with Crippen molar-refractivity contribution in [3.63, 3.8) is 0 Å². The minimum atomic E-state index is -3.06. The summed E-state index contributed by atoms with van der Waals surface area (Å²) in [5.41, 5.74) is 2.94. The molecule has 51 heavy (non-hydrogen) atoms. The molecule has 6 rings (SSSR count). The van der Waals surface area contributed by atoms with Gasteiger partial charge in [-0.3, -0.25) is 9.78 Å². The van der Waals surface area contributed by atoms with Crippen molar-refractivity contribution in [3.05, 3.63) is 87.9 Å². The van der Waals surface area contributed by atoms with Crippen LogP contribution in [0.1, 0.15) is 36.8 Å². The molecule has 2 aromatic heterocycles. The molecule has 0 bridgehead atoms. The summed E-state index contributed by atoms with van der Waals surface area (Å²) in [6.07, 6.45) is 5.09. The zero-order chi connectivity index (χ0) is 36.1. The Kier molecular flexibility index (Phi) is 11.7. The summed E-state index contributed by atoms with van der Waals surface area (Å²) < 4.78 is 70.8. The minimum absolute atomic E-state index is 0.0115. The first-order chi connectivity index (χ1) is 24.5. The number of hydrogen-bond donors (Lipinski definition) is 4. The number of pyridine rings is 2. The van der Waals surface area contributed by atoms with Crippen LogP contribution in [0.4, 0.5) is 24.7 Å². The molecule has 2 aromatic carbocycles. The van der Waals surface area contributed by atoms with Crippen LogP contribution in [0.3, 0.4) is 0 Å². The van der Waals surface area contributed by atoms with E-state index in [1.54, 1.807) is 42.5 Å². The number of halogens is 5. The number of ether oxygens (including phenoxy) is 1. The number of aromatic nitrogens is 2. The molecule has 0 aliphatic carbocycles. The van der Waals surface area contributed by atoms with Crippen LogP contribution in [0, 0.1) is 5.82 Å². The van der Waals surface area contributed by atoms with E-state index in [0.717, 1.165) is 0 Å². The van der Waals surface area contributed by atoms with Crippen LogP contribution in [0.25, 0.3) is 22.4 Å². The molecule has 0 saturated carbocycles. The Hall–Kier alpha value is -3.95. The number of amides is 1. The summed E-state index contributed by atoms with van der Waals surface area (Å²) in [5.74, 6) is -0.466. The van der Waals surface area contributed by atoms with Crippen LogP contribution in [-0.4, -0.2) is 61.0 Å². The van der Waals surface area contributed by atoms with Gasteiger partial charge in [0.15, 0.2) is 11.6 Å². The fourth-order valence-electron chi connectivity index (χ4n) is 6.14. The van der Waals surface area contributed by atoms with Crippen LogP contribution in [-0.2, 0) is 27.7 Å². The topological polar surface area (TPSA) is 134 Å². The van der Waals surface area contributed by atoms with Gasteiger partial charge in [0.1, 0.15) is 15.6 Å². The Bertz CT molecular complexity index is 2010. The molecule has 2 aliphatic rings. The number of sulfone groups is 1. The third-order valence-corrected chi connectivity index (χ3v) is 11.4. The second kappa shape index (κ2) is 16.2. The first kappa shape index (κ1) is 36.8. The van der Waals surface area contributed by atoms with Gasteiger partial charge in [-0.1, -0.05) is 47.5 Å². The predicted molar refractivity (Wildman–Crippen MR) is 191 cm³/mol. The third-order valence-electron chi connectivity index (χ3n) is 8.88. The molecule has 16 heteroatoms. The Balaban J connectivity index is 1.20. The number of nitrogens with zero attached hydrogens (tertiary/aromatic N) is 2. The monoisotopic (exact) mass is 762 g/mol. The van der Waals surface area contributed by atoms with E-state index in [4.69, 9.17) is 27.9 Å². The Morgan fingerprint density at radius 2 is 1.71 bits per heavy atom. The molecule has 1 amide bonds. The first-order valence-electron chi connectivity index (χ1n) is 16.3. The van der Waals surface area contributed by atoms with Crippen molar-refractivity contribution < 1.29 is 31.1 Å². The molecule has 2 aliphatic heterocycles. The molecule has 4 heterocycles. The second-order valence-electron chi connectivity index (χ2n) is 12.4. The van der Waals surface area contributed by atoms with E-state index in [1.807, 2.05) is 0 Å². The highest BCUT2D eigenvalue weighted by Gasteiger charge is 2.24. The summed E-state index contributed by atoms with van der Waals surface area (Å²) in [6.45, 7) is -2.16. The molecule has 2 fully saturated rings. The number of anilines is 2. The highest BCUT2D eigenvalue weighted by Crippen LogP contribution is 2.42. The van der Waals surface area contributed by atoms with Gasteiger partial charge < -0.3 is 26.0 Å². The molecule has 4 N–H and O–H groups in total. The van der Waals surface area contributed by atoms with Gasteiger partial charge in [0, 0.05) is 78.3 Å². The average molecular weight is 764 g/mol. The fourth-order valence-corrected chi connectivity index (χ4v) is 8.23. The lowest BCUT2D eigenvalue weighted by Crippen LogP contribution is -2.37. The number of nitrogens with one attached hydrogen (secondary N) is 4. The summed E-state index contributed by atoms with van der Waals surface area (Å²) in [6, 6.07) is 13.1. The van der Waals surface area contributed by atoms with Crippen molar-refractivity contribution in [2.24, 2.45) is 0 Å². The molecule has 270 valence electrons. The van der Waals surface area contributed by atoms with Gasteiger partial charge in [-0.05, 0) is 43.5 Å². The standard InChI is InChI=1S/C35H35Cl2F3N6O4S/c36-30-25(2-1-3-27(30)46-34-32(38)22(8-12-43-34)18-44-23-10-14-51(48,49)15-11-23)26-9-13-42-33(31(26)37)20-4-5-21(28(16-20)50-35(39)40)17-41-19-24-6-7-29(47)45-24/h1-5,8-9,12-13,16,23-24,35,41,44H,6-7,10-11,14-15,17-19H2,(H,43,46)(H,45,47)/t24-/m1/s1. The first-order valence-corrected chi connectivity index (χ1v) is 18.9. The maximum atomic E-state index is 15.6. The Morgan fingerprint density at radius 3 is 2.45 bits per heavy atom. The number of rotatable bonds is 13. The maximum Gasteiger partial charge on any atom is 0.387 e. The fraction of sp³-hybridized carbons (Fsp3) is 0.343. The molecular formula is C35H35Cl2F3N6O4S. The zero-order valence-electron chi connectivity index (χ0n) is 27.2. The van der Waals surface area contributed by atoms with Gasteiger partial charge in [0.25, 0.3) is 0 Å². The van der Waals surface area contributed by atoms with Gasteiger partial charge in [-0.25, -0.2) is 17.8 Å². The van der Waals surface area contributed by atoms with Gasteiger partial charge in [-0.15, -0.1) is 0 Å². The number of benzene rings is 2. The van der Waals surface area contributed by atoms with Gasteiger partial charge in [-0.2, -0.15) is 8.78 Å². The van der Waals surface area contributed by atoms with Crippen molar-refractivity contribution in [1.29, 1.82) is 0 Å². The lowest BCUT2D eigenvalue weighted by Gasteiger charge is -2.23. The predicted octanol–water partition coefficient (Wildman–Crippen LogP) is 6.64. The van der Waals surface area contributed by atoms with Crippen molar-refractivity contribution in [1.82, 2.24) is 25.9 Å². The van der Waals surface area contributed by atoms with Gasteiger partial charge in [0.05, 0.1) is 32.9 Å². The largest absolute Gasteiger partial charge is 0.434 e. The van der Waals surface area contributed by atoms with E-state index < -0.39 is 22.3 Å². The molecule has 2 saturated heterocycles. The van der Waals surface area contributed by atoms with Crippen LogP contribution < -0.4 is 26.0 Å². The highest BCUT2D eigenvalue weighted by atomic mass is 35.5. The van der Waals surface area contributed by atoms with Crippen LogP contribution in [0.2, 0.25) is 10.0 Å².